The first kappa shape index (κ1) is 15.9. The van der Waals surface area contributed by atoms with Gasteiger partial charge in [-0.25, -0.2) is 0 Å². The van der Waals surface area contributed by atoms with Gasteiger partial charge in [0.1, 0.15) is 22.4 Å². The highest BCUT2D eigenvalue weighted by Crippen LogP contribution is 2.36. The third kappa shape index (κ3) is 3.07. The number of nitrogens with one attached hydrogen (secondary N) is 1. The molecular weight excluding hydrogens is 302 g/mol. The number of hydrogen-bond acceptors (Lipinski definition) is 5. The fourth-order valence-electron chi connectivity index (χ4n) is 2.00. The second kappa shape index (κ2) is 7.00. The first-order valence-electron chi connectivity index (χ1n) is 6.67. The zero-order valence-electron chi connectivity index (χ0n) is 12.3. The van der Waals surface area contributed by atoms with Crippen molar-refractivity contribution in [3.8, 4) is 11.8 Å². The molecule has 1 saturated heterocycles. The minimum atomic E-state index is -0.504. The van der Waals surface area contributed by atoms with E-state index in [9.17, 15) is 14.9 Å². The Balaban J connectivity index is 2.42. The number of ether oxygens (including phenoxy) is 1. The number of nitrogens with zero attached hydrogens (tertiary/aromatic N) is 2. The molecule has 1 aromatic rings. The molecule has 6 nitrogen and oxygen atoms in total. The van der Waals surface area contributed by atoms with E-state index in [2.05, 4.69) is 5.32 Å². The first-order valence-corrected chi connectivity index (χ1v) is 7.66. The monoisotopic (exact) mass is 317 g/mol. The van der Waals surface area contributed by atoms with Crippen molar-refractivity contribution in [2.75, 3.05) is 24.3 Å². The van der Waals surface area contributed by atoms with Crippen LogP contribution in [0.3, 0.4) is 0 Å². The van der Waals surface area contributed by atoms with Gasteiger partial charge in [-0.1, -0.05) is 11.8 Å². The Kier molecular flexibility index (Phi) is 5.07. The van der Waals surface area contributed by atoms with Gasteiger partial charge in [0.05, 0.1) is 12.4 Å². The van der Waals surface area contributed by atoms with Crippen LogP contribution in [-0.2, 0) is 9.59 Å². The summed E-state index contributed by atoms with van der Waals surface area (Å²) < 4.78 is 5.36. The zero-order valence-corrected chi connectivity index (χ0v) is 13.1. The minimum absolute atomic E-state index is 0.0627. The molecule has 0 radical (unpaired) electrons. The Bertz CT molecular complexity index is 662. The van der Waals surface area contributed by atoms with Crippen molar-refractivity contribution in [3.63, 3.8) is 0 Å². The lowest BCUT2D eigenvalue weighted by Gasteiger charge is -2.18. The van der Waals surface area contributed by atoms with Crippen LogP contribution in [0.15, 0.2) is 34.9 Å². The molecule has 2 amide bonds. The van der Waals surface area contributed by atoms with Gasteiger partial charge in [-0.15, -0.1) is 0 Å². The number of amides is 2. The molecule has 0 aromatic heterocycles. The molecule has 1 fully saturated rings. The van der Waals surface area contributed by atoms with Gasteiger partial charge in [-0.05, 0) is 31.2 Å². The highest BCUT2D eigenvalue weighted by molar-refractivity contribution is 8.04. The van der Waals surface area contributed by atoms with Gasteiger partial charge in [0.2, 0.25) is 5.91 Å². The summed E-state index contributed by atoms with van der Waals surface area (Å²) in [6.45, 7) is 2.44. The van der Waals surface area contributed by atoms with Crippen molar-refractivity contribution in [1.82, 2.24) is 5.32 Å². The Hall–Kier alpha value is -2.46. The van der Waals surface area contributed by atoms with E-state index in [0.717, 1.165) is 0 Å². The van der Waals surface area contributed by atoms with E-state index in [4.69, 9.17) is 4.74 Å². The number of hydrogen-bond donors (Lipinski definition) is 1. The highest BCUT2D eigenvalue weighted by atomic mass is 32.2. The molecule has 0 bridgehead atoms. The quantitative estimate of drug-likeness (QED) is 0.674. The molecule has 0 saturated carbocycles. The SMILES string of the molecule is CCOc1ccc(N2C(=O)CS/C2=C(/C#N)C(=O)NC)cc1. The lowest BCUT2D eigenvalue weighted by Crippen LogP contribution is -2.28. The highest BCUT2D eigenvalue weighted by Gasteiger charge is 2.32. The van der Waals surface area contributed by atoms with Crippen LogP contribution in [0.4, 0.5) is 5.69 Å². The Morgan fingerprint density at radius 1 is 1.45 bits per heavy atom. The van der Waals surface area contributed by atoms with Gasteiger partial charge >= 0.3 is 0 Å². The Labute approximate surface area is 132 Å². The average Bonchev–Trinajstić information content (AvgIpc) is 2.90. The van der Waals surface area contributed by atoms with E-state index in [1.54, 1.807) is 24.3 Å². The van der Waals surface area contributed by atoms with E-state index in [0.29, 0.717) is 23.1 Å². The molecule has 1 aliphatic heterocycles. The number of thioether (sulfide) groups is 1. The molecule has 0 spiro atoms. The summed E-state index contributed by atoms with van der Waals surface area (Å²) in [6.07, 6.45) is 0. The topological polar surface area (TPSA) is 82.4 Å². The lowest BCUT2D eigenvalue weighted by molar-refractivity contribution is -0.116. The number of rotatable bonds is 4. The maximum absolute atomic E-state index is 12.1. The summed E-state index contributed by atoms with van der Waals surface area (Å²) in [7, 11) is 1.45. The number of carbonyl (C=O) groups excluding carboxylic acids is 2. The number of likely N-dealkylation sites (N-methyl/N-ethyl adjacent to an activating group) is 1. The summed E-state index contributed by atoms with van der Waals surface area (Å²) in [5, 5.41) is 12.0. The van der Waals surface area contributed by atoms with Crippen molar-refractivity contribution in [2.24, 2.45) is 0 Å². The predicted octanol–water partition coefficient (Wildman–Crippen LogP) is 1.65. The largest absolute Gasteiger partial charge is 0.494 e. The minimum Gasteiger partial charge on any atom is -0.494 e. The van der Waals surface area contributed by atoms with Gasteiger partial charge in [0.25, 0.3) is 5.91 Å². The van der Waals surface area contributed by atoms with Crippen molar-refractivity contribution < 1.29 is 14.3 Å². The van der Waals surface area contributed by atoms with Crippen molar-refractivity contribution in [1.29, 1.82) is 5.26 Å². The molecule has 0 atom stereocenters. The van der Waals surface area contributed by atoms with Crippen LogP contribution < -0.4 is 15.0 Å². The summed E-state index contributed by atoms with van der Waals surface area (Å²) >= 11 is 1.19. The molecule has 2 rings (SSSR count). The predicted molar refractivity (Wildman–Crippen MR) is 84.3 cm³/mol. The first-order chi connectivity index (χ1) is 10.6. The van der Waals surface area contributed by atoms with Gasteiger partial charge in [0, 0.05) is 12.7 Å². The van der Waals surface area contributed by atoms with Crippen LogP contribution in [-0.4, -0.2) is 31.2 Å². The third-order valence-corrected chi connectivity index (χ3v) is 4.02. The molecular formula is C15H15N3O3S. The van der Waals surface area contributed by atoms with E-state index < -0.39 is 5.91 Å². The normalized spacial score (nSPS) is 16.2. The number of nitriles is 1. The van der Waals surface area contributed by atoms with Crippen LogP contribution in [0.1, 0.15) is 6.92 Å². The van der Waals surface area contributed by atoms with E-state index in [-0.39, 0.29) is 17.2 Å². The van der Waals surface area contributed by atoms with Crippen LogP contribution in [0, 0.1) is 11.3 Å². The van der Waals surface area contributed by atoms with Crippen LogP contribution in [0.25, 0.3) is 0 Å². The van der Waals surface area contributed by atoms with Crippen molar-refractivity contribution in [3.05, 3.63) is 34.9 Å². The summed E-state index contributed by atoms with van der Waals surface area (Å²) in [6, 6.07) is 8.83. The van der Waals surface area contributed by atoms with E-state index in [1.807, 2.05) is 13.0 Å². The van der Waals surface area contributed by atoms with E-state index in [1.165, 1.54) is 23.7 Å². The molecule has 0 unspecified atom stereocenters. The maximum atomic E-state index is 12.1. The average molecular weight is 317 g/mol. The van der Waals surface area contributed by atoms with Gasteiger partial charge in [-0.2, -0.15) is 5.26 Å². The maximum Gasteiger partial charge on any atom is 0.264 e. The number of benzene rings is 1. The standard InChI is InChI=1S/C15H15N3O3S/c1-3-21-11-6-4-10(5-7-11)18-13(19)9-22-15(18)12(8-16)14(20)17-2/h4-7H,3,9H2,1-2H3,(H,17,20)/b15-12-. The second-order valence-electron chi connectivity index (χ2n) is 4.32. The molecule has 114 valence electrons. The van der Waals surface area contributed by atoms with Crippen molar-refractivity contribution in [2.45, 2.75) is 6.92 Å². The fourth-order valence-corrected chi connectivity index (χ4v) is 3.00. The van der Waals surface area contributed by atoms with E-state index >= 15 is 0 Å². The van der Waals surface area contributed by atoms with Crippen LogP contribution in [0.5, 0.6) is 5.75 Å². The molecule has 1 aliphatic rings. The Morgan fingerprint density at radius 3 is 2.68 bits per heavy atom. The molecule has 0 aliphatic carbocycles. The molecule has 1 heterocycles. The third-order valence-electron chi connectivity index (χ3n) is 2.97. The van der Waals surface area contributed by atoms with Crippen molar-refractivity contribution >= 4 is 29.3 Å². The zero-order chi connectivity index (χ0) is 16.1. The lowest BCUT2D eigenvalue weighted by atomic mass is 10.2. The molecule has 1 N–H and O–H groups in total. The Morgan fingerprint density at radius 2 is 2.14 bits per heavy atom. The second-order valence-corrected chi connectivity index (χ2v) is 5.28. The number of anilines is 1. The fraction of sp³-hybridized carbons (Fsp3) is 0.267. The van der Waals surface area contributed by atoms with Gasteiger partial charge in [0.15, 0.2) is 0 Å². The smallest absolute Gasteiger partial charge is 0.264 e. The molecule has 7 heteroatoms. The van der Waals surface area contributed by atoms with Crippen LogP contribution in [0.2, 0.25) is 0 Å². The number of carbonyl (C=O) groups is 2. The summed E-state index contributed by atoms with van der Waals surface area (Å²) in [5.41, 5.74) is 0.539. The van der Waals surface area contributed by atoms with Crippen LogP contribution >= 0.6 is 11.8 Å². The van der Waals surface area contributed by atoms with Gasteiger partial charge < -0.3 is 10.1 Å². The summed E-state index contributed by atoms with van der Waals surface area (Å²) in [5.74, 6) is 0.226. The van der Waals surface area contributed by atoms with Gasteiger partial charge in [-0.3, -0.25) is 14.5 Å². The summed E-state index contributed by atoms with van der Waals surface area (Å²) in [4.78, 5) is 25.3. The molecule has 1 aromatic carbocycles. The molecule has 22 heavy (non-hydrogen) atoms.